The number of H-pyrrole nitrogens is 1. The fraction of sp³-hybridized carbons (Fsp3) is 0.722. The minimum Gasteiger partial charge on any atom is -0.481 e. The summed E-state index contributed by atoms with van der Waals surface area (Å²) in [5.74, 6) is -0.906. The number of aryl methyl sites for hydroxylation is 1. The molecule has 1 aliphatic heterocycles. The van der Waals surface area contributed by atoms with Gasteiger partial charge in [0, 0.05) is 24.3 Å². The number of hydrogen-bond acceptors (Lipinski definition) is 4. The monoisotopic (exact) mass is 349 g/mol. The Hall–Kier alpha value is -1.89. The van der Waals surface area contributed by atoms with Crippen LogP contribution in [0, 0.1) is 11.3 Å². The number of carbonyl (C=O) groups is 2. The molecule has 0 saturated carbocycles. The van der Waals surface area contributed by atoms with Gasteiger partial charge in [0.25, 0.3) is 5.91 Å². The number of nitrogens with zero attached hydrogens (tertiary/aromatic N) is 2. The average molecular weight is 349 g/mol. The molecule has 1 aliphatic carbocycles. The van der Waals surface area contributed by atoms with Gasteiger partial charge in [-0.1, -0.05) is 13.8 Å². The highest BCUT2D eigenvalue weighted by molar-refractivity contribution is 5.94. The van der Waals surface area contributed by atoms with Crippen LogP contribution >= 0.6 is 0 Å². The third-order valence-corrected chi connectivity index (χ3v) is 5.67. The van der Waals surface area contributed by atoms with Crippen molar-refractivity contribution in [1.29, 1.82) is 0 Å². The molecule has 2 heterocycles. The molecule has 1 saturated heterocycles. The third-order valence-electron chi connectivity index (χ3n) is 5.67. The molecule has 138 valence electrons. The summed E-state index contributed by atoms with van der Waals surface area (Å²) in [5.41, 5.74) is 1.12. The molecule has 2 aliphatic rings. The molecular weight excluding hydrogens is 322 g/mol. The molecule has 3 rings (SSSR count). The Kier molecular flexibility index (Phi) is 4.86. The minimum absolute atomic E-state index is 0.0384. The second-order valence-corrected chi connectivity index (χ2v) is 7.81. The molecule has 2 atom stereocenters. The summed E-state index contributed by atoms with van der Waals surface area (Å²) in [6, 6.07) is 0. The van der Waals surface area contributed by atoms with E-state index in [0.717, 1.165) is 30.5 Å². The zero-order valence-corrected chi connectivity index (χ0v) is 14.9. The van der Waals surface area contributed by atoms with Crippen LogP contribution in [0.2, 0.25) is 0 Å². The fourth-order valence-corrected chi connectivity index (χ4v) is 4.01. The number of carboxylic acids is 1. The Morgan fingerprint density at radius 3 is 2.84 bits per heavy atom. The Balaban J connectivity index is 1.83. The van der Waals surface area contributed by atoms with Crippen molar-refractivity contribution in [3.8, 4) is 0 Å². The second-order valence-electron chi connectivity index (χ2n) is 7.81. The van der Waals surface area contributed by atoms with E-state index in [1.54, 1.807) is 4.90 Å². The van der Waals surface area contributed by atoms with Crippen molar-refractivity contribution in [2.75, 3.05) is 13.1 Å². The van der Waals surface area contributed by atoms with Gasteiger partial charge in [-0.3, -0.25) is 14.7 Å². The molecule has 3 N–H and O–H groups in total. The van der Waals surface area contributed by atoms with Gasteiger partial charge in [-0.25, -0.2) is 0 Å². The van der Waals surface area contributed by atoms with Crippen LogP contribution in [-0.2, 0) is 17.6 Å². The number of rotatable bonds is 5. The molecule has 1 amide bonds. The number of piperidine rings is 1. The lowest BCUT2D eigenvalue weighted by molar-refractivity contribution is -0.163. The highest BCUT2D eigenvalue weighted by Crippen LogP contribution is 2.37. The van der Waals surface area contributed by atoms with Gasteiger partial charge in [-0.15, -0.1) is 0 Å². The topological polar surface area (TPSA) is 107 Å². The number of aromatic nitrogens is 2. The zero-order valence-electron chi connectivity index (χ0n) is 14.9. The van der Waals surface area contributed by atoms with Crippen LogP contribution < -0.4 is 0 Å². The first-order valence-corrected chi connectivity index (χ1v) is 9.12. The number of amides is 1. The average Bonchev–Trinajstić information content (AvgIpc) is 3.16. The maximum atomic E-state index is 12.9. The van der Waals surface area contributed by atoms with Crippen molar-refractivity contribution in [3.05, 3.63) is 17.0 Å². The molecule has 7 heteroatoms. The van der Waals surface area contributed by atoms with E-state index in [9.17, 15) is 19.8 Å². The van der Waals surface area contributed by atoms with Crippen molar-refractivity contribution in [1.82, 2.24) is 15.1 Å². The van der Waals surface area contributed by atoms with E-state index in [1.165, 1.54) is 0 Å². The number of carbonyl (C=O) groups excluding carboxylic acids is 1. The highest BCUT2D eigenvalue weighted by Gasteiger charge is 2.50. The molecule has 0 bridgehead atoms. The van der Waals surface area contributed by atoms with E-state index in [1.807, 2.05) is 13.8 Å². The Labute approximate surface area is 147 Å². The molecule has 1 aromatic heterocycles. The Morgan fingerprint density at radius 1 is 1.40 bits per heavy atom. The molecule has 1 aromatic rings. The number of carboxylic acid groups (broad SMARTS) is 1. The van der Waals surface area contributed by atoms with Gasteiger partial charge < -0.3 is 15.1 Å². The minimum atomic E-state index is -1.29. The van der Waals surface area contributed by atoms with Crippen LogP contribution in [0.25, 0.3) is 0 Å². The molecular formula is C18H27N3O4. The first-order chi connectivity index (χ1) is 11.8. The smallest absolute Gasteiger partial charge is 0.314 e. The van der Waals surface area contributed by atoms with E-state index >= 15 is 0 Å². The summed E-state index contributed by atoms with van der Waals surface area (Å²) in [6.07, 6.45) is 3.16. The zero-order chi connectivity index (χ0) is 18.2. The lowest BCUT2D eigenvalue weighted by atomic mass is 9.72. The van der Waals surface area contributed by atoms with Gasteiger partial charge in [0.1, 0.15) is 5.41 Å². The molecule has 0 spiro atoms. The summed E-state index contributed by atoms with van der Waals surface area (Å²) >= 11 is 0. The summed E-state index contributed by atoms with van der Waals surface area (Å²) in [7, 11) is 0. The summed E-state index contributed by atoms with van der Waals surface area (Å²) in [6.45, 7) is 4.45. The molecule has 1 fully saturated rings. The molecule has 0 unspecified atom stereocenters. The maximum absolute atomic E-state index is 12.9. The highest BCUT2D eigenvalue weighted by atomic mass is 16.4. The van der Waals surface area contributed by atoms with Crippen LogP contribution in [0.4, 0.5) is 0 Å². The SMILES string of the molecule is CC(C)CC[C@@]1(C(=O)O)CN(C(=O)c2n[nH]c3c2CCC3)CC[C@H]1O. The summed E-state index contributed by atoms with van der Waals surface area (Å²) < 4.78 is 0. The maximum Gasteiger partial charge on any atom is 0.314 e. The Bertz CT molecular complexity index is 669. The quantitative estimate of drug-likeness (QED) is 0.749. The standard InChI is InChI=1S/C18H27N3O4/c1-11(2)6-8-18(17(24)25)10-21(9-7-14(18)22)16(23)15-12-4-3-5-13(12)19-20-15/h11,14,22H,3-10H2,1-2H3,(H,19,20)(H,24,25)/t14-,18-/m1/s1. The predicted octanol–water partition coefficient (Wildman–Crippen LogP) is 1.61. The molecule has 0 aromatic carbocycles. The van der Waals surface area contributed by atoms with Gasteiger partial charge >= 0.3 is 5.97 Å². The van der Waals surface area contributed by atoms with E-state index in [0.29, 0.717) is 31.0 Å². The number of aromatic amines is 1. The number of aliphatic hydroxyl groups excluding tert-OH is 1. The van der Waals surface area contributed by atoms with Gasteiger partial charge in [0.15, 0.2) is 5.69 Å². The van der Waals surface area contributed by atoms with Crippen LogP contribution in [0.1, 0.15) is 61.3 Å². The van der Waals surface area contributed by atoms with Gasteiger partial charge in [0.05, 0.1) is 6.10 Å². The first-order valence-electron chi connectivity index (χ1n) is 9.12. The third kappa shape index (κ3) is 3.17. The number of fused-ring (bicyclic) bond motifs is 1. The Morgan fingerprint density at radius 2 is 2.16 bits per heavy atom. The second kappa shape index (κ2) is 6.78. The lowest BCUT2D eigenvalue weighted by Gasteiger charge is -2.43. The number of hydrogen-bond donors (Lipinski definition) is 3. The van der Waals surface area contributed by atoms with Crippen molar-refractivity contribution in [3.63, 3.8) is 0 Å². The number of aliphatic hydroxyl groups is 1. The van der Waals surface area contributed by atoms with Gasteiger partial charge in [0.2, 0.25) is 0 Å². The summed E-state index contributed by atoms with van der Waals surface area (Å²) in [4.78, 5) is 26.5. The number of likely N-dealkylation sites (tertiary alicyclic amines) is 1. The van der Waals surface area contributed by atoms with Crippen molar-refractivity contribution in [2.45, 2.75) is 58.5 Å². The van der Waals surface area contributed by atoms with Crippen LogP contribution in [0.15, 0.2) is 0 Å². The predicted molar refractivity (Wildman–Crippen MR) is 91.3 cm³/mol. The van der Waals surface area contributed by atoms with Crippen LogP contribution in [-0.4, -0.2) is 56.4 Å². The van der Waals surface area contributed by atoms with E-state index < -0.39 is 17.5 Å². The molecule has 7 nitrogen and oxygen atoms in total. The normalized spacial score (nSPS) is 26.1. The van der Waals surface area contributed by atoms with Crippen molar-refractivity contribution in [2.24, 2.45) is 11.3 Å². The van der Waals surface area contributed by atoms with E-state index in [4.69, 9.17) is 0 Å². The summed E-state index contributed by atoms with van der Waals surface area (Å²) in [5, 5.41) is 27.4. The molecule has 25 heavy (non-hydrogen) atoms. The largest absolute Gasteiger partial charge is 0.481 e. The number of nitrogens with one attached hydrogen (secondary N) is 1. The van der Waals surface area contributed by atoms with Crippen LogP contribution in [0.5, 0.6) is 0 Å². The van der Waals surface area contributed by atoms with E-state index in [2.05, 4.69) is 10.2 Å². The van der Waals surface area contributed by atoms with Crippen LogP contribution in [0.3, 0.4) is 0 Å². The number of aliphatic carboxylic acids is 1. The van der Waals surface area contributed by atoms with Gasteiger partial charge in [-0.05, 0) is 44.4 Å². The van der Waals surface area contributed by atoms with Gasteiger partial charge in [-0.2, -0.15) is 5.10 Å². The van der Waals surface area contributed by atoms with Crippen molar-refractivity contribution < 1.29 is 19.8 Å². The lowest BCUT2D eigenvalue weighted by Crippen LogP contribution is -2.57. The fourth-order valence-electron chi connectivity index (χ4n) is 4.01. The first kappa shape index (κ1) is 17.9. The van der Waals surface area contributed by atoms with E-state index in [-0.39, 0.29) is 18.9 Å². The van der Waals surface area contributed by atoms with Crippen molar-refractivity contribution >= 4 is 11.9 Å². The molecule has 0 radical (unpaired) electrons.